The molecular formula is C25H22F2N6O. The molecule has 2 N–H and O–H groups in total. The lowest BCUT2D eigenvalue weighted by Crippen LogP contribution is -2.15. The third-order valence-corrected chi connectivity index (χ3v) is 6.16. The third-order valence-electron chi connectivity index (χ3n) is 6.16. The number of benzene rings is 1. The minimum Gasteiger partial charge on any atom is -0.373 e. The number of anilines is 2. The maximum Gasteiger partial charge on any atom is 0.295 e. The Labute approximate surface area is 194 Å². The van der Waals surface area contributed by atoms with E-state index in [1.54, 1.807) is 50.8 Å². The summed E-state index contributed by atoms with van der Waals surface area (Å²) in [5, 5.41) is 7.51. The Balaban J connectivity index is 1.53. The zero-order valence-electron chi connectivity index (χ0n) is 18.9. The average molecular weight is 460 g/mol. The van der Waals surface area contributed by atoms with Crippen molar-refractivity contribution in [2.24, 2.45) is 18.9 Å². The largest absolute Gasteiger partial charge is 0.373 e. The van der Waals surface area contributed by atoms with Gasteiger partial charge in [-0.2, -0.15) is 0 Å². The van der Waals surface area contributed by atoms with Crippen LogP contribution in [-0.2, 0) is 11.8 Å². The molecular weight excluding hydrogens is 438 g/mol. The topological polar surface area (TPSA) is 84.7 Å². The molecule has 1 saturated carbocycles. The number of nitrogens with one attached hydrogen (secondary N) is 2. The molecule has 1 aromatic carbocycles. The summed E-state index contributed by atoms with van der Waals surface area (Å²) in [7, 11) is 3.33. The van der Waals surface area contributed by atoms with Crippen LogP contribution >= 0.6 is 0 Å². The molecule has 0 saturated heterocycles. The number of pyridine rings is 2. The number of amides is 1. The Morgan fingerprint density at radius 3 is 2.68 bits per heavy atom. The number of halogens is 2. The van der Waals surface area contributed by atoms with Crippen LogP contribution in [0, 0.1) is 23.7 Å². The fraction of sp³-hybridized carbons (Fsp3) is 0.280. The number of alkyl halides is 2. The zero-order chi connectivity index (χ0) is 24.0. The first-order chi connectivity index (χ1) is 16.4. The Morgan fingerprint density at radius 1 is 1.18 bits per heavy atom. The fourth-order valence-electron chi connectivity index (χ4n) is 4.03. The van der Waals surface area contributed by atoms with E-state index in [9.17, 15) is 13.6 Å². The molecule has 3 aromatic heterocycles. The molecule has 1 aliphatic carbocycles. The normalized spacial score (nSPS) is 17.0. The van der Waals surface area contributed by atoms with Crippen molar-refractivity contribution in [3.63, 3.8) is 0 Å². The lowest BCUT2D eigenvalue weighted by molar-refractivity contribution is -0.117. The molecule has 0 aliphatic heterocycles. The second-order valence-corrected chi connectivity index (χ2v) is 8.48. The van der Waals surface area contributed by atoms with E-state index in [0.29, 0.717) is 39.7 Å². The molecule has 7 nitrogen and oxygen atoms in total. The number of hydrogen-bond donors (Lipinski definition) is 2. The molecule has 2 atom stereocenters. The monoisotopic (exact) mass is 460 g/mol. The van der Waals surface area contributed by atoms with Crippen LogP contribution in [0.5, 0.6) is 0 Å². The minimum atomic E-state index is -2.65. The van der Waals surface area contributed by atoms with Crippen LogP contribution < -0.4 is 10.6 Å². The van der Waals surface area contributed by atoms with Crippen molar-refractivity contribution in [1.29, 1.82) is 0 Å². The van der Waals surface area contributed by atoms with Crippen molar-refractivity contribution in [3.05, 3.63) is 53.6 Å². The number of rotatable bonds is 4. The van der Waals surface area contributed by atoms with E-state index in [2.05, 4.69) is 37.4 Å². The van der Waals surface area contributed by atoms with E-state index in [-0.39, 0.29) is 17.6 Å². The highest BCUT2D eigenvalue weighted by molar-refractivity contribution is 5.99. The van der Waals surface area contributed by atoms with E-state index in [1.807, 2.05) is 6.92 Å². The number of carbonyl (C=O) groups is 1. The van der Waals surface area contributed by atoms with Gasteiger partial charge in [-0.3, -0.25) is 4.79 Å². The molecule has 9 heteroatoms. The fourth-order valence-corrected chi connectivity index (χ4v) is 4.03. The van der Waals surface area contributed by atoms with Gasteiger partial charge in [0.25, 0.3) is 6.43 Å². The Bertz CT molecular complexity index is 1500. The van der Waals surface area contributed by atoms with Gasteiger partial charge < -0.3 is 15.2 Å². The van der Waals surface area contributed by atoms with E-state index < -0.39 is 6.43 Å². The minimum absolute atomic E-state index is 0.0254. The first-order valence-corrected chi connectivity index (χ1v) is 10.9. The molecule has 1 fully saturated rings. The maximum absolute atomic E-state index is 13.2. The molecule has 0 bridgehead atoms. The zero-order valence-corrected chi connectivity index (χ0v) is 18.9. The first-order valence-electron chi connectivity index (χ1n) is 10.9. The van der Waals surface area contributed by atoms with Crippen LogP contribution in [0.4, 0.5) is 20.4 Å². The van der Waals surface area contributed by atoms with E-state index >= 15 is 0 Å². The molecule has 0 unspecified atom stereocenters. The lowest BCUT2D eigenvalue weighted by Gasteiger charge is -2.09. The molecule has 1 amide bonds. The third kappa shape index (κ3) is 3.92. The van der Waals surface area contributed by atoms with Crippen molar-refractivity contribution in [2.75, 3.05) is 17.7 Å². The average Bonchev–Trinajstić information content (AvgIpc) is 3.48. The van der Waals surface area contributed by atoms with Gasteiger partial charge in [-0.05, 0) is 36.6 Å². The highest BCUT2D eigenvalue weighted by atomic mass is 19.3. The van der Waals surface area contributed by atoms with Crippen LogP contribution in [-0.4, -0.2) is 32.5 Å². The van der Waals surface area contributed by atoms with Crippen molar-refractivity contribution in [3.8, 4) is 11.8 Å². The molecule has 4 aromatic rings. The first kappa shape index (κ1) is 21.8. The smallest absolute Gasteiger partial charge is 0.295 e. The summed E-state index contributed by atoms with van der Waals surface area (Å²) in [6, 6.07) is 6.97. The van der Waals surface area contributed by atoms with Crippen molar-refractivity contribution < 1.29 is 13.6 Å². The number of hydrogen-bond acceptors (Lipinski definition) is 5. The van der Waals surface area contributed by atoms with Crippen LogP contribution in [0.25, 0.3) is 21.8 Å². The number of aromatic nitrogens is 4. The Kier molecular flexibility index (Phi) is 5.36. The van der Waals surface area contributed by atoms with Crippen LogP contribution in [0.1, 0.15) is 36.7 Å². The van der Waals surface area contributed by atoms with Crippen molar-refractivity contribution in [2.45, 2.75) is 19.8 Å². The van der Waals surface area contributed by atoms with Crippen LogP contribution in [0.2, 0.25) is 0 Å². The summed E-state index contributed by atoms with van der Waals surface area (Å²) < 4.78 is 27.7. The van der Waals surface area contributed by atoms with Gasteiger partial charge in [-0.15, -0.1) is 0 Å². The molecule has 172 valence electrons. The van der Waals surface area contributed by atoms with E-state index in [0.717, 1.165) is 17.2 Å². The summed E-state index contributed by atoms with van der Waals surface area (Å²) in [4.78, 5) is 25.2. The summed E-state index contributed by atoms with van der Waals surface area (Å²) in [5.74, 6) is 7.47. The molecule has 5 rings (SSSR count). The standard InChI is InChI=1S/C25H22F2N6O/c1-13-8-16(13)25(34)32-21-10-17-15(11-30-23(28-2)18(17)12-29-21)6-4-14-5-7-19-20(9-14)33(3)24(31-19)22(26)27/h5,7,9-13,16,22H,8H2,1-3H3,(H,28,30)(H,29,32,34)/t13-,16+/m1/s1. The Morgan fingerprint density at radius 2 is 1.97 bits per heavy atom. The summed E-state index contributed by atoms with van der Waals surface area (Å²) >= 11 is 0. The van der Waals surface area contributed by atoms with E-state index in [4.69, 9.17) is 0 Å². The van der Waals surface area contributed by atoms with Gasteiger partial charge in [0.2, 0.25) is 5.91 Å². The number of fused-ring (bicyclic) bond motifs is 2. The van der Waals surface area contributed by atoms with Gasteiger partial charge in [-0.25, -0.2) is 23.7 Å². The number of imidazole rings is 1. The quantitative estimate of drug-likeness (QED) is 0.439. The molecule has 0 spiro atoms. The van der Waals surface area contributed by atoms with Crippen LogP contribution in [0.15, 0.2) is 36.7 Å². The van der Waals surface area contributed by atoms with Gasteiger partial charge in [0, 0.05) is 48.7 Å². The number of carbonyl (C=O) groups excluding carboxylic acids is 1. The predicted octanol–water partition coefficient (Wildman–Crippen LogP) is 4.49. The van der Waals surface area contributed by atoms with Gasteiger partial charge >= 0.3 is 0 Å². The van der Waals surface area contributed by atoms with Gasteiger partial charge in [0.05, 0.1) is 16.6 Å². The second-order valence-electron chi connectivity index (χ2n) is 8.48. The van der Waals surface area contributed by atoms with Crippen LogP contribution in [0.3, 0.4) is 0 Å². The maximum atomic E-state index is 13.2. The second kappa shape index (κ2) is 8.37. The highest BCUT2D eigenvalue weighted by Crippen LogP contribution is 2.38. The highest BCUT2D eigenvalue weighted by Gasteiger charge is 2.39. The van der Waals surface area contributed by atoms with Gasteiger partial charge in [0.15, 0.2) is 5.82 Å². The SMILES string of the molecule is CNc1ncc(C#Cc2ccc3nc(C(F)F)n(C)c3c2)c2cc(NC(=O)[C@H]3C[C@H]3C)ncc12. The number of nitrogens with zero attached hydrogens (tertiary/aromatic N) is 4. The van der Waals surface area contributed by atoms with E-state index in [1.165, 1.54) is 4.57 Å². The van der Waals surface area contributed by atoms with Crippen molar-refractivity contribution >= 4 is 39.3 Å². The van der Waals surface area contributed by atoms with Gasteiger partial charge in [0.1, 0.15) is 11.6 Å². The lowest BCUT2D eigenvalue weighted by atomic mass is 10.1. The summed E-state index contributed by atoms with van der Waals surface area (Å²) in [6.07, 6.45) is 1.57. The van der Waals surface area contributed by atoms with Crippen molar-refractivity contribution in [1.82, 2.24) is 19.5 Å². The molecule has 3 heterocycles. The summed E-state index contributed by atoms with van der Waals surface area (Å²) in [5.41, 5.74) is 2.39. The molecule has 34 heavy (non-hydrogen) atoms. The molecule has 0 radical (unpaired) electrons. The predicted molar refractivity (Wildman–Crippen MR) is 127 cm³/mol. The van der Waals surface area contributed by atoms with Gasteiger partial charge in [-0.1, -0.05) is 18.8 Å². The number of aryl methyl sites for hydroxylation is 1. The molecule has 1 aliphatic rings. The Hall–Kier alpha value is -4.06. The summed E-state index contributed by atoms with van der Waals surface area (Å²) in [6.45, 7) is 2.05.